The van der Waals surface area contributed by atoms with Gasteiger partial charge in [-0.2, -0.15) is 0 Å². The molecule has 1 atom stereocenters. The summed E-state index contributed by atoms with van der Waals surface area (Å²) in [7, 11) is 1.40. The second-order valence-electron chi connectivity index (χ2n) is 2.85. The van der Waals surface area contributed by atoms with E-state index in [-0.39, 0.29) is 12.2 Å². The molecule has 14 heavy (non-hydrogen) atoms. The van der Waals surface area contributed by atoms with Gasteiger partial charge in [0.2, 0.25) is 0 Å². The van der Waals surface area contributed by atoms with Crippen LogP contribution in [-0.2, 0) is 4.74 Å². The maximum atomic E-state index is 13.3. The van der Waals surface area contributed by atoms with Gasteiger partial charge in [0.25, 0.3) is 0 Å². The number of ether oxygens (including phenoxy) is 1. The number of benzene rings is 1. The predicted octanol–water partition coefficient (Wildman–Crippen LogP) is 2.04. The molecule has 0 radical (unpaired) electrons. The fraction of sp³-hybridized carbons (Fsp3) is 0.300. The Morgan fingerprint density at radius 2 is 2.36 bits per heavy atom. The first-order chi connectivity index (χ1) is 6.65. The van der Waals surface area contributed by atoms with E-state index >= 15 is 0 Å². The Hall–Kier alpha value is -1.42. The van der Waals surface area contributed by atoms with E-state index in [0.717, 1.165) is 0 Å². The summed E-state index contributed by atoms with van der Waals surface area (Å²) in [6, 6.07) is 5.79. The molecule has 4 heteroatoms. The summed E-state index contributed by atoms with van der Waals surface area (Å²) in [5.74, 6) is -1.06. The molecule has 1 rings (SSSR count). The first-order valence-corrected chi connectivity index (χ1v) is 4.11. The minimum atomic E-state index is -1.28. The summed E-state index contributed by atoms with van der Waals surface area (Å²) in [5, 5.41) is 8.67. The number of carbonyl (C=O) groups is 1. The Balaban J connectivity index is 2.87. The molecule has 0 saturated heterocycles. The minimum Gasteiger partial charge on any atom is -0.478 e. The number of aromatic carboxylic acids is 1. The molecule has 1 aromatic carbocycles. The second kappa shape index (κ2) is 4.72. The number of hydrogen-bond acceptors (Lipinski definition) is 2. The third kappa shape index (κ3) is 2.53. The quantitative estimate of drug-likeness (QED) is 0.805. The van der Waals surface area contributed by atoms with Crippen molar-refractivity contribution in [2.45, 2.75) is 6.17 Å². The Morgan fingerprint density at radius 1 is 1.64 bits per heavy atom. The molecule has 0 aliphatic heterocycles. The van der Waals surface area contributed by atoms with Crippen LogP contribution in [0.5, 0.6) is 0 Å². The van der Waals surface area contributed by atoms with Crippen molar-refractivity contribution >= 4 is 5.97 Å². The number of alkyl halides is 1. The van der Waals surface area contributed by atoms with Gasteiger partial charge in [-0.3, -0.25) is 0 Å². The van der Waals surface area contributed by atoms with Crippen molar-refractivity contribution in [1.29, 1.82) is 0 Å². The van der Waals surface area contributed by atoms with Crippen LogP contribution < -0.4 is 0 Å². The summed E-state index contributed by atoms with van der Waals surface area (Å²) in [6.07, 6.45) is -1.28. The van der Waals surface area contributed by atoms with Crippen LogP contribution in [0, 0.1) is 0 Å². The molecule has 0 aromatic heterocycles. The van der Waals surface area contributed by atoms with Crippen LogP contribution in [0.1, 0.15) is 22.1 Å². The van der Waals surface area contributed by atoms with Gasteiger partial charge in [0, 0.05) is 7.11 Å². The first-order valence-electron chi connectivity index (χ1n) is 4.11. The van der Waals surface area contributed by atoms with Crippen LogP contribution in [0.15, 0.2) is 24.3 Å². The molecule has 3 nitrogen and oxygen atoms in total. The van der Waals surface area contributed by atoms with Crippen molar-refractivity contribution in [3.63, 3.8) is 0 Å². The molecule has 0 bridgehead atoms. The molecule has 1 aromatic rings. The topological polar surface area (TPSA) is 46.5 Å². The Morgan fingerprint density at radius 3 is 2.93 bits per heavy atom. The van der Waals surface area contributed by atoms with Gasteiger partial charge < -0.3 is 9.84 Å². The number of carboxylic acid groups (broad SMARTS) is 1. The lowest BCUT2D eigenvalue weighted by molar-refractivity contribution is 0.0696. The molecule has 1 unspecified atom stereocenters. The van der Waals surface area contributed by atoms with Gasteiger partial charge in [-0.25, -0.2) is 9.18 Å². The van der Waals surface area contributed by atoms with Crippen LogP contribution >= 0.6 is 0 Å². The molecule has 0 spiro atoms. The Kier molecular flexibility index (Phi) is 3.59. The molecular weight excluding hydrogens is 187 g/mol. The molecule has 76 valence electrons. The number of hydrogen-bond donors (Lipinski definition) is 1. The van der Waals surface area contributed by atoms with Crippen molar-refractivity contribution in [2.24, 2.45) is 0 Å². The summed E-state index contributed by atoms with van der Waals surface area (Å²) in [5.41, 5.74) is 0.410. The van der Waals surface area contributed by atoms with E-state index in [1.54, 1.807) is 0 Å². The van der Waals surface area contributed by atoms with Crippen LogP contribution in [-0.4, -0.2) is 24.8 Å². The zero-order chi connectivity index (χ0) is 10.6. The second-order valence-corrected chi connectivity index (χ2v) is 2.85. The molecular formula is C10H11FO3. The molecule has 0 heterocycles. The Labute approximate surface area is 81.1 Å². The third-order valence-electron chi connectivity index (χ3n) is 1.81. The van der Waals surface area contributed by atoms with Crippen LogP contribution in [0.3, 0.4) is 0 Å². The van der Waals surface area contributed by atoms with E-state index in [1.807, 2.05) is 0 Å². The van der Waals surface area contributed by atoms with Gasteiger partial charge in [0.1, 0.15) is 6.17 Å². The van der Waals surface area contributed by atoms with Crippen LogP contribution in [0.25, 0.3) is 0 Å². The van der Waals surface area contributed by atoms with E-state index in [4.69, 9.17) is 5.11 Å². The first kappa shape index (κ1) is 10.7. The van der Waals surface area contributed by atoms with Crippen LogP contribution in [0.2, 0.25) is 0 Å². The average molecular weight is 198 g/mol. The molecule has 0 fully saturated rings. The highest BCUT2D eigenvalue weighted by atomic mass is 19.1. The lowest BCUT2D eigenvalue weighted by Gasteiger charge is -2.07. The van der Waals surface area contributed by atoms with Crippen molar-refractivity contribution in [3.8, 4) is 0 Å². The van der Waals surface area contributed by atoms with Crippen molar-refractivity contribution < 1.29 is 19.0 Å². The van der Waals surface area contributed by atoms with E-state index in [2.05, 4.69) is 4.74 Å². The van der Waals surface area contributed by atoms with Crippen LogP contribution in [0.4, 0.5) is 4.39 Å². The minimum absolute atomic E-state index is 0.0664. The lowest BCUT2D eigenvalue weighted by atomic mass is 10.1. The van der Waals surface area contributed by atoms with Gasteiger partial charge in [-0.1, -0.05) is 12.1 Å². The smallest absolute Gasteiger partial charge is 0.335 e. The largest absolute Gasteiger partial charge is 0.478 e. The molecule has 0 aliphatic rings. The third-order valence-corrected chi connectivity index (χ3v) is 1.81. The summed E-state index contributed by atoms with van der Waals surface area (Å²) in [6.45, 7) is -0.0664. The molecule has 0 amide bonds. The van der Waals surface area contributed by atoms with Gasteiger partial charge in [-0.15, -0.1) is 0 Å². The summed E-state index contributed by atoms with van der Waals surface area (Å²) < 4.78 is 17.9. The van der Waals surface area contributed by atoms with Gasteiger partial charge in [-0.05, 0) is 17.7 Å². The fourth-order valence-corrected chi connectivity index (χ4v) is 1.11. The predicted molar refractivity (Wildman–Crippen MR) is 49.1 cm³/mol. The highest BCUT2D eigenvalue weighted by molar-refractivity contribution is 5.87. The zero-order valence-electron chi connectivity index (χ0n) is 7.74. The number of carboxylic acids is 1. The van der Waals surface area contributed by atoms with Crippen molar-refractivity contribution in [3.05, 3.63) is 35.4 Å². The Bertz CT molecular complexity index is 325. The number of methoxy groups -OCH3 is 1. The van der Waals surface area contributed by atoms with Crippen molar-refractivity contribution in [2.75, 3.05) is 13.7 Å². The van der Waals surface area contributed by atoms with E-state index < -0.39 is 12.1 Å². The molecule has 0 saturated carbocycles. The van der Waals surface area contributed by atoms with E-state index in [1.165, 1.54) is 31.4 Å². The monoisotopic (exact) mass is 198 g/mol. The highest BCUT2D eigenvalue weighted by Gasteiger charge is 2.11. The van der Waals surface area contributed by atoms with Gasteiger partial charge >= 0.3 is 5.97 Å². The zero-order valence-corrected chi connectivity index (χ0v) is 7.74. The average Bonchev–Trinajstić information content (AvgIpc) is 2.18. The standard InChI is InChI=1S/C10H11FO3/c1-14-6-9(11)7-3-2-4-8(5-7)10(12)13/h2-5,9H,6H2,1H3,(H,12,13). The fourth-order valence-electron chi connectivity index (χ4n) is 1.11. The van der Waals surface area contributed by atoms with Gasteiger partial charge in [0.15, 0.2) is 0 Å². The van der Waals surface area contributed by atoms with E-state index in [0.29, 0.717) is 5.56 Å². The summed E-state index contributed by atoms with van der Waals surface area (Å²) in [4.78, 5) is 10.6. The normalized spacial score (nSPS) is 12.4. The van der Waals surface area contributed by atoms with Crippen molar-refractivity contribution in [1.82, 2.24) is 0 Å². The summed E-state index contributed by atoms with van der Waals surface area (Å²) >= 11 is 0. The SMILES string of the molecule is COCC(F)c1cccc(C(=O)O)c1. The van der Waals surface area contributed by atoms with Gasteiger partial charge in [0.05, 0.1) is 12.2 Å². The highest BCUT2D eigenvalue weighted by Crippen LogP contribution is 2.18. The molecule has 1 N–H and O–H groups in total. The lowest BCUT2D eigenvalue weighted by Crippen LogP contribution is -2.03. The number of rotatable bonds is 4. The maximum absolute atomic E-state index is 13.3. The number of halogens is 1. The maximum Gasteiger partial charge on any atom is 0.335 e. The van der Waals surface area contributed by atoms with E-state index in [9.17, 15) is 9.18 Å². The molecule has 0 aliphatic carbocycles.